The highest BCUT2D eigenvalue weighted by Crippen LogP contribution is 2.20. The number of rotatable bonds is 4. The average molecular weight is 388 g/mol. The Kier molecular flexibility index (Phi) is 4.71. The number of carbonyl (C=O) groups is 1. The molecular formula is C14H20N4O5S2. The summed E-state index contributed by atoms with van der Waals surface area (Å²) in [6.45, 7) is 0. The van der Waals surface area contributed by atoms with Crippen molar-refractivity contribution in [2.45, 2.75) is 24.9 Å². The third-order valence-corrected chi connectivity index (χ3v) is 8.06. The van der Waals surface area contributed by atoms with Gasteiger partial charge in [0.2, 0.25) is 5.95 Å². The summed E-state index contributed by atoms with van der Waals surface area (Å²) in [7, 11) is -4.34. The maximum atomic E-state index is 12.2. The van der Waals surface area contributed by atoms with Crippen molar-refractivity contribution in [1.82, 2.24) is 15.3 Å². The maximum Gasteiger partial charge on any atom is 0.254 e. The molecule has 25 heavy (non-hydrogen) atoms. The molecule has 1 aromatic heterocycles. The Balaban J connectivity index is 1.63. The first-order chi connectivity index (χ1) is 11.7. The molecule has 2 aliphatic rings. The van der Waals surface area contributed by atoms with Gasteiger partial charge in [0.05, 0.1) is 28.6 Å². The molecule has 0 bridgehead atoms. The first-order valence-corrected chi connectivity index (χ1v) is 11.6. The van der Waals surface area contributed by atoms with Gasteiger partial charge in [-0.05, 0) is 12.8 Å². The van der Waals surface area contributed by atoms with Crippen LogP contribution in [0.4, 0.5) is 5.95 Å². The molecule has 138 valence electrons. The number of sulfone groups is 2. The summed E-state index contributed by atoms with van der Waals surface area (Å²) in [4.78, 5) is 22.1. The highest BCUT2D eigenvalue weighted by atomic mass is 32.2. The SMILES string of the molecule is CN(c1ncc(C(=O)NC2CCS(=O)(=O)C2)cn1)C1CCS(=O)(=O)C1. The van der Waals surface area contributed by atoms with Gasteiger partial charge in [-0.2, -0.15) is 0 Å². The minimum Gasteiger partial charge on any atom is -0.348 e. The van der Waals surface area contributed by atoms with Crippen LogP contribution in [0, 0.1) is 0 Å². The zero-order valence-electron chi connectivity index (χ0n) is 13.8. The first-order valence-electron chi connectivity index (χ1n) is 7.92. The second kappa shape index (κ2) is 6.52. The van der Waals surface area contributed by atoms with Gasteiger partial charge in [-0.3, -0.25) is 4.79 Å². The molecule has 11 heteroatoms. The molecule has 3 heterocycles. The number of aromatic nitrogens is 2. The van der Waals surface area contributed by atoms with Crippen molar-refractivity contribution < 1.29 is 21.6 Å². The Hall–Kier alpha value is -1.75. The fourth-order valence-electron chi connectivity index (χ4n) is 3.04. The predicted octanol–water partition coefficient (Wildman–Crippen LogP) is -0.983. The summed E-state index contributed by atoms with van der Waals surface area (Å²) in [6, 6.07) is -0.558. The summed E-state index contributed by atoms with van der Waals surface area (Å²) in [5, 5.41) is 2.67. The maximum absolute atomic E-state index is 12.2. The van der Waals surface area contributed by atoms with Crippen LogP contribution < -0.4 is 10.2 Å². The van der Waals surface area contributed by atoms with Crippen molar-refractivity contribution in [1.29, 1.82) is 0 Å². The molecule has 2 fully saturated rings. The van der Waals surface area contributed by atoms with Crippen molar-refractivity contribution in [3.05, 3.63) is 18.0 Å². The van der Waals surface area contributed by atoms with E-state index in [-0.39, 0.29) is 40.7 Å². The fourth-order valence-corrected chi connectivity index (χ4v) is 6.49. The van der Waals surface area contributed by atoms with Crippen molar-refractivity contribution in [2.24, 2.45) is 0 Å². The number of hydrogen-bond donors (Lipinski definition) is 1. The molecule has 2 saturated heterocycles. The van der Waals surface area contributed by atoms with E-state index in [0.717, 1.165) is 0 Å². The van der Waals surface area contributed by atoms with E-state index in [1.807, 2.05) is 0 Å². The van der Waals surface area contributed by atoms with Crippen molar-refractivity contribution >= 4 is 31.5 Å². The third-order valence-electron chi connectivity index (χ3n) is 4.54. The van der Waals surface area contributed by atoms with E-state index in [4.69, 9.17) is 0 Å². The summed E-state index contributed by atoms with van der Waals surface area (Å²) in [6.07, 6.45) is 3.66. The van der Waals surface area contributed by atoms with Gasteiger partial charge in [0, 0.05) is 31.5 Å². The summed E-state index contributed by atoms with van der Waals surface area (Å²) < 4.78 is 46.0. The smallest absolute Gasteiger partial charge is 0.254 e. The molecule has 1 N–H and O–H groups in total. The van der Waals surface area contributed by atoms with Gasteiger partial charge in [-0.25, -0.2) is 26.8 Å². The lowest BCUT2D eigenvalue weighted by Crippen LogP contribution is -2.36. The third kappa shape index (κ3) is 4.27. The first kappa shape index (κ1) is 18.1. The molecule has 0 spiro atoms. The topological polar surface area (TPSA) is 126 Å². The van der Waals surface area contributed by atoms with Gasteiger partial charge in [0.15, 0.2) is 19.7 Å². The van der Waals surface area contributed by atoms with E-state index in [1.54, 1.807) is 11.9 Å². The van der Waals surface area contributed by atoms with Crippen LogP contribution in [0.25, 0.3) is 0 Å². The van der Waals surface area contributed by atoms with Crippen LogP contribution in [-0.4, -0.2) is 74.9 Å². The van der Waals surface area contributed by atoms with Crippen LogP contribution in [0.5, 0.6) is 0 Å². The zero-order valence-corrected chi connectivity index (χ0v) is 15.4. The van der Waals surface area contributed by atoms with Crippen LogP contribution in [0.3, 0.4) is 0 Å². The van der Waals surface area contributed by atoms with Gasteiger partial charge >= 0.3 is 0 Å². The van der Waals surface area contributed by atoms with Crippen LogP contribution in [0.1, 0.15) is 23.2 Å². The van der Waals surface area contributed by atoms with Crippen LogP contribution >= 0.6 is 0 Å². The molecule has 2 unspecified atom stereocenters. The summed E-state index contributed by atoms with van der Waals surface area (Å²) in [5.41, 5.74) is 0.237. The second-order valence-electron chi connectivity index (χ2n) is 6.51. The van der Waals surface area contributed by atoms with Gasteiger partial charge in [-0.15, -0.1) is 0 Å². The van der Waals surface area contributed by atoms with E-state index < -0.39 is 25.6 Å². The highest BCUT2D eigenvalue weighted by molar-refractivity contribution is 7.91. The lowest BCUT2D eigenvalue weighted by molar-refractivity contribution is 0.0940. The van der Waals surface area contributed by atoms with E-state index in [9.17, 15) is 21.6 Å². The Morgan fingerprint density at radius 3 is 2.20 bits per heavy atom. The number of nitrogens with one attached hydrogen (secondary N) is 1. The molecule has 2 aliphatic heterocycles. The molecule has 0 aliphatic carbocycles. The molecule has 9 nitrogen and oxygen atoms in total. The summed E-state index contributed by atoms with van der Waals surface area (Å²) in [5.74, 6) is 0.207. The van der Waals surface area contributed by atoms with Gasteiger partial charge in [0.1, 0.15) is 0 Å². The molecule has 2 atom stereocenters. The van der Waals surface area contributed by atoms with Crippen LogP contribution in [0.15, 0.2) is 12.4 Å². The minimum atomic E-state index is -3.06. The van der Waals surface area contributed by atoms with Crippen molar-refractivity contribution in [3.63, 3.8) is 0 Å². The largest absolute Gasteiger partial charge is 0.348 e. The van der Waals surface area contributed by atoms with Crippen molar-refractivity contribution in [2.75, 3.05) is 35.0 Å². The van der Waals surface area contributed by atoms with E-state index >= 15 is 0 Å². The molecule has 0 radical (unpaired) electrons. The molecule has 3 rings (SSSR count). The molecule has 0 saturated carbocycles. The number of nitrogens with zero attached hydrogens (tertiary/aromatic N) is 3. The molecule has 1 amide bonds. The second-order valence-corrected chi connectivity index (χ2v) is 11.0. The number of amides is 1. The minimum absolute atomic E-state index is 0.0451. The highest BCUT2D eigenvalue weighted by Gasteiger charge is 2.32. The Morgan fingerprint density at radius 2 is 1.68 bits per heavy atom. The quantitative estimate of drug-likeness (QED) is 0.697. The van der Waals surface area contributed by atoms with Crippen LogP contribution in [0.2, 0.25) is 0 Å². The molecular weight excluding hydrogens is 368 g/mol. The van der Waals surface area contributed by atoms with E-state index in [2.05, 4.69) is 15.3 Å². The predicted molar refractivity (Wildman–Crippen MR) is 92.0 cm³/mol. The normalized spacial score (nSPS) is 27.1. The molecule has 1 aromatic rings. The Bertz CT molecular complexity index is 867. The van der Waals surface area contributed by atoms with Gasteiger partial charge < -0.3 is 10.2 Å². The molecule has 0 aromatic carbocycles. The van der Waals surface area contributed by atoms with Gasteiger partial charge in [-0.1, -0.05) is 0 Å². The lowest BCUT2D eigenvalue weighted by atomic mass is 10.2. The Labute approximate surface area is 146 Å². The average Bonchev–Trinajstić information content (AvgIpc) is 3.08. The summed E-state index contributed by atoms with van der Waals surface area (Å²) >= 11 is 0. The fraction of sp³-hybridized carbons (Fsp3) is 0.643. The zero-order chi connectivity index (χ0) is 18.2. The number of carbonyl (C=O) groups excluding carboxylic acids is 1. The number of anilines is 1. The van der Waals surface area contributed by atoms with E-state index in [0.29, 0.717) is 18.8 Å². The van der Waals surface area contributed by atoms with Gasteiger partial charge in [0.25, 0.3) is 5.91 Å². The number of hydrogen-bond acceptors (Lipinski definition) is 8. The standard InChI is InChI=1S/C14H20N4O5S2/c1-18(12-3-5-25(22,23)9-12)14-15-6-10(7-16-14)13(19)17-11-2-4-24(20,21)8-11/h6-7,11-12H,2-5,8-9H2,1H3,(H,17,19). The van der Waals surface area contributed by atoms with E-state index in [1.165, 1.54) is 12.4 Å². The lowest BCUT2D eigenvalue weighted by Gasteiger charge is -2.23. The van der Waals surface area contributed by atoms with Crippen molar-refractivity contribution in [3.8, 4) is 0 Å². The monoisotopic (exact) mass is 388 g/mol. The van der Waals surface area contributed by atoms with Crippen LogP contribution in [-0.2, 0) is 19.7 Å². The Morgan fingerprint density at radius 1 is 1.08 bits per heavy atom.